The molecule has 1 saturated heterocycles. The molecule has 0 bridgehead atoms. The number of carbonyl (C=O) groups is 1. The number of carbonyl (C=O) groups excluding carboxylic acids is 1. The van der Waals surface area contributed by atoms with Gasteiger partial charge in [0, 0.05) is 32.7 Å². The number of esters is 1. The largest absolute Gasteiger partial charge is 0.465 e. The Labute approximate surface area is 172 Å². The van der Waals surface area contributed by atoms with Gasteiger partial charge in [-0.2, -0.15) is 8.78 Å². The topological polar surface area (TPSA) is 46.4 Å². The predicted octanol–water partition coefficient (Wildman–Crippen LogP) is 4.09. The van der Waals surface area contributed by atoms with Crippen LogP contribution in [0.3, 0.4) is 0 Å². The molecule has 1 fully saturated rings. The van der Waals surface area contributed by atoms with Crippen molar-refractivity contribution in [2.75, 3.05) is 38.2 Å². The fourth-order valence-electron chi connectivity index (χ4n) is 3.36. The minimum atomic E-state index is -2.98. The molecule has 0 aliphatic carbocycles. The number of benzene rings is 2. The molecule has 1 aliphatic rings. The fourth-order valence-corrected chi connectivity index (χ4v) is 3.36. The molecule has 0 unspecified atom stereocenters. The summed E-state index contributed by atoms with van der Waals surface area (Å²) in [5, 5.41) is 0. The van der Waals surface area contributed by atoms with E-state index in [0.29, 0.717) is 38.4 Å². The van der Waals surface area contributed by atoms with Crippen LogP contribution in [0.2, 0.25) is 0 Å². The van der Waals surface area contributed by atoms with Crippen LogP contribution in [0.25, 0.3) is 4.85 Å². The lowest BCUT2D eigenvalue weighted by atomic mass is 10.1. The van der Waals surface area contributed by atoms with Crippen LogP contribution in [-0.4, -0.2) is 50.8 Å². The number of piperazine rings is 1. The lowest BCUT2D eigenvalue weighted by molar-refractivity contribution is -0.0495. The highest BCUT2D eigenvalue weighted by Crippen LogP contribution is 2.34. The summed E-state index contributed by atoms with van der Waals surface area (Å²) < 4.78 is 48.8. The molecule has 0 amide bonds. The highest BCUT2D eigenvalue weighted by Gasteiger charge is 2.22. The third kappa shape index (κ3) is 5.02. The second-order valence-corrected chi connectivity index (χ2v) is 6.71. The van der Waals surface area contributed by atoms with E-state index < -0.39 is 18.4 Å². The van der Waals surface area contributed by atoms with Crippen LogP contribution in [0, 0.1) is 12.4 Å². The Kier molecular flexibility index (Phi) is 6.79. The zero-order chi connectivity index (χ0) is 21.7. The maximum Gasteiger partial charge on any atom is 0.387 e. The molecule has 1 heterocycles. The second kappa shape index (κ2) is 9.50. The van der Waals surface area contributed by atoms with E-state index in [1.807, 2.05) is 4.90 Å². The Morgan fingerprint density at radius 2 is 1.90 bits per heavy atom. The standard InChI is InChI=1S/C21H20F3N3O3/c1-25-15-4-6-18(19(12-15)30-21(23)24)27-9-7-26(8-10-27)13-14-3-5-16(17(22)11-14)20(28)29-2/h3-6,11-12,21H,7-10,13H2,2H3. The average molecular weight is 419 g/mol. The summed E-state index contributed by atoms with van der Waals surface area (Å²) in [7, 11) is 1.20. The van der Waals surface area contributed by atoms with Crippen molar-refractivity contribution in [2.24, 2.45) is 0 Å². The number of hydrogen-bond donors (Lipinski definition) is 0. The van der Waals surface area contributed by atoms with Crippen molar-refractivity contribution in [2.45, 2.75) is 13.2 Å². The van der Waals surface area contributed by atoms with Crippen molar-refractivity contribution in [1.82, 2.24) is 4.90 Å². The van der Waals surface area contributed by atoms with Crippen molar-refractivity contribution in [3.05, 3.63) is 64.8 Å². The van der Waals surface area contributed by atoms with Crippen molar-refractivity contribution >= 4 is 17.3 Å². The Morgan fingerprint density at radius 1 is 1.17 bits per heavy atom. The molecule has 1 aliphatic heterocycles. The van der Waals surface area contributed by atoms with Crippen LogP contribution in [-0.2, 0) is 11.3 Å². The lowest BCUT2D eigenvalue weighted by Crippen LogP contribution is -2.46. The highest BCUT2D eigenvalue weighted by molar-refractivity contribution is 5.89. The van der Waals surface area contributed by atoms with E-state index in [1.165, 1.54) is 25.3 Å². The van der Waals surface area contributed by atoms with Gasteiger partial charge in [-0.1, -0.05) is 12.1 Å². The zero-order valence-corrected chi connectivity index (χ0v) is 16.3. The Bertz CT molecular complexity index is 954. The minimum absolute atomic E-state index is 0.0209. The van der Waals surface area contributed by atoms with E-state index in [0.717, 1.165) is 5.56 Å². The minimum Gasteiger partial charge on any atom is -0.465 e. The molecule has 2 aromatic rings. The summed E-state index contributed by atoms with van der Waals surface area (Å²) in [5.74, 6) is -1.38. The number of alkyl halides is 2. The van der Waals surface area contributed by atoms with E-state index >= 15 is 0 Å². The van der Waals surface area contributed by atoms with Crippen LogP contribution in [0.1, 0.15) is 15.9 Å². The Morgan fingerprint density at radius 3 is 2.50 bits per heavy atom. The van der Waals surface area contributed by atoms with Gasteiger partial charge in [0.2, 0.25) is 0 Å². The van der Waals surface area contributed by atoms with E-state index in [1.54, 1.807) is 18.2 Å². The van der Waals surface area contributed by atoms with Gasteiger partial charge in [0.15, 0.2) is 5.69 Å². The molecule has 6 nitrogen and oxygen atoms in total. The van der Waals surface area contributed by atoms with Crippen molar-refractivity contribution in [3.8, 4) is 5.75 Å². The zero-order valence-electron chi connectivity index (χ0n) is 16.3. The first-order chi connectivity index (χ1) is 14.4. The second-order valence-electron chi connectivity index (χ2n) is 6.71. The maximum absolute atomic E-state index is 14.1. The monoisotopic (exact) mass is 419 g/mol. The molecule has 3 rings (SSSR count). The smallest absolute Gasteiger partial charge is 0.387 e. The van der Waals surface area contributed by atoms with E-state index in [9.17, 15) is 18.0 Å². The van der Waals surface area contributed by atoms with Gasteiger partial charge in [-0.05, 0) is 29.8 Å². The van der Waals surface area contributed by atoms with E-state index in [2.05, 4.69) is 19.2 Å². The van der Waals surface area contributed by atoms with Gasteiger partial charge in [0.05, 0.1) is 24.9 Å². The average Bonchev–Trinajstić information content (AvgIpc) is 2.73. The Hall–Kier alpha value is -3.25. The highest BCUT2D eigenvalue weighted by atomic mass is 19.3. The molecule has 30 heavy (non-hydrogen) atoms. The molecule has 0 saturated carbocycles. The molecular weight excluding hydrogens is 399 g/mol. The Balaban J connectivity index is 1.65. The number of halogens is 3. The number of rotatable bonds is 6. The number of methoxy groups -OCH3 is 1. The molecule has 0 atom stereocenters. The first kappa shape index (κ1) is 21.5. The molecule has 9 heteroatoms. The molecule has 0 radical (unpaired) electrons. The van der Waals surface area contributed by atoms with Gasteiger partial charge in [-0.3, -0.25) is 4.90 Å². The van der Waals surface area contributed by atoms with Crippen molar-refractivity contribution < 1.29 is 27.4 Å². The summed E-state index contributed by atoms with van der Waals surface area (Å²) in [6.07, 6.45) is 0. The van der Waals surface area contributed by atoms with Crippen LogP contribution in [0.5, 0.6) is 5.75 Å². The van der Waals surface area contributed by atoms with Crippen molar-refractivity contribution in [3.63, 3.8) is 0 Å². The molecular formula is C21H20F3N3O3. The lowest BCUT2D eigenvalue weighted by Gasteiger charge is -2.36. The number of anilines is 1. The quantitative estimate of drug-likeness (QED) is 0.522. The molecule has 158 valence electrons. The molecule has 0 aromatic heterocycles. The number of ether oxygens (including phenoxy) is 2. The van der Waals surface area contributed by atoms with E-state index in [4.69, 9.17) is 6.57 Å². The maximum atomic E-state index is 14.1. The normalized spacial score (nSPS) is 14.5. The van der Waals surface area contributed by atoms with E-state index in [-0.39, 0.29) is 17.0 Å². The van der Waals surface area contributed by atoms with Crippen LogP contribution >= 0.6 is 0 Å². The first-order valence-electron chi connectivity index (χ1n) is 9.21. The van der Waals surface area contributed by atoms with Gasteiger partial charge in [-0.15, -0.1) is 0 Å². The number of hydrogen-bond acceptors (Lipinski definition) is 5. The molecule has 0 N–H and O–H groups in total. The van der Waals surface area contributed by atoms with Gasteiger partial charge >= 0.3 is 12.6 Å². The third-order valence-electron chi connectivity index (χ3n) is 4.85. The fraction of sp³-hybridized carbons (Fsp3) is 0.333. The first-order valence-corrected chi connectivity index (χ1v) is 9.21. The summed E-state index contributed by atoms with van der Waals surface area (Å²) in [6.45, 7) is 6.91. The summed E-state index contributed by atoms with van der Waals surface area (Å²) in [5.41, 5.74) is 1.35. The summed E-state index contributed by atoms with van der Waals surface area (Å²) in [4.78, 5) is 18.8. The predicted molar refractivity (Wildman–Crippen MR) is 105 cm³/mol. The van der Waals surface area contributed by atoms with Crippen molar-refractivity contribution in [1.29, 1.82) is 0 Å². The van der Waals surface area contributed by atoms with Gasteiger partial charge in [0.25, 0.3) is 0 Å². The SMILES string of the molecule is [C-]#[N+]c1ccc(N2CCN(Cc3ccc(C(=O)OC)c(F)c3)CC2)c(OC(F)F)c1. The van der Waals surface area contributed by atoms with Crippen LogP contribution in [0.15, 0.2) is 36.4 Å². The van der Waals surface area contributed by atoms with Crippen LogP contribution in [0.4, 0.5) is 24.5 Å². The third-order valence-corrected chi connectivity index (χ3v) is 4.85. The van der Waals surface area contributed by atoms with Gasteiger partial charge < -0.3 is 14.4 Å². The number of nitrogens with zero attached hydrogens (tertiary/aromatic N) is 3. The molecule has 0 spiro atoms. The summed E-state index contributed by atoms with van der Waals surface area (Å²) >= 11 is 0. The van der Waals surface area contributed by atoms with Crippen LogP contribution < -0.4 is 9.64 Å². The summed E-state index contributed by atoms with van der Waals surface area (Å²) in [6, 6.07) is 8.89. The van der Waals surface area contributed by atoms with Gasteiger partial charge in [0.1, 0.15) is 11.6 Å². The van der Waals surface area contributed by atoms with Gasteiger partial charge in [-0.25, -0.2) is 14.0 Å². The molecule has 2 aromatic carbocycles.